The lowest BCUT2D eigenvalue weighted by Gasteiger charge is -2.07. The van der Waals surface area contributed by atoms with Gasteiger partial charge in [-0.3, -0.25) is 4.79 Å². The SMILES string of the molecule is O=C(Nc1ccc(F)c(Cl)c1)c1ccc(Br)c2nc[nH]c12. The number of carbonyl (C=O) groups is 1. The molecule has 1 aromatic heterocycles. The second-order valence-electron chi connectivity index (χ2n) is 4.30. The molecule has 0 spiro atoms. The lowest BCUT2D eigenvalue weighted by molar-refractivity contribution is 0.102. The fraction of sp³-hybridized carbons (Fsp3) is 0. The second-order valence-corrected chi connectivity index (χ2v) is 5.57. The van der Waals surface area contributed by atoms with E-state index >= 15 is 0 Å². The van der Waals surface area contributed by atoms with E-state index < -0.39 is 5.82 Å². The average molecular weight is 369 g/mol. The number of halogens is 3. The Morgan fingerprint density at radius 1 is 1.33 bits per heavy atom. The first kappa shape index (κ1) is 14.0. The number of imidazole rings is 1. The molecule has 0 aliphatic carbocycles. The van der Waals surface area contributed by atoms with E-state index in [1.807, 2.05) is 0 Å². The van der Waals surface area contributed by atoms with Crippen LogP contribution in [-0.4, -0.2) is 15.9 Å². The molecule has 0 bridgehead atoms. The molecule has 2 aromatic carbocycles. The molecule has 3 aromatic rings. The summed E-state index contributed by atoms with van der Waals surface area (Å²) >= 11 is 9.06. The highest BCUT2D eigenvalue weighted by Gasteiger charge is 2.14. The highest BCUT2D eigenvalue weighted by molar-refractivity contribution is 9.10. The molecule has 7 heteroatoms. The van der Waals surface area contributed by atoms with Crippen LogP contribution in [0.25, 0.3) is 11.0 Å². The topological polar surface area (TPSA) is 57.8 Å². The van der Waals surface area contributed by atoms with Gasteiger partial charge in [0, 0.05) is 10.2 Å². The van der Waals surface area contributed by atoms with Crippen molar-refractivity contribution in [3.63, 3.8) is 0 Å². The van der Waals surface area contributed by atoms with Gasteiger partial charge in [-0.25, -0.2) is 9.37 Å². The van der Waals surface area contributed by atoms with Crippen molar-refractivity contribution >= 4 is 50.2 Å². The van der Waals surface area contributed by atoms with Gasteiger partial charge in [0.1, 0.15) is 11.3 Å². The zero-order valence-electron chi connectivity index (χ0n) is 10.5. The van der Waals surface area contributed by atoms with Crippen molar-refractivity contribution in [3.8, 4) is 0 Å². The van der Waals surface area contributed by atoms with Gasteiger partial charge in [0.05, 0.1) is 22.4 Å². The van der Waals surface area contributed by atoms with E-state index in [0.29, 0.717) is 22.3 Å². The molecule has 1 amide bonds. The lowest BCUT2D eigenvalue weighted by Crippen LogP contribution is -2.12. The van der Waals surface area contributed by atoms with Gasteiger partial charge >= 0.3 is 0 Å². The molecule has 0 atom stereocenters. The van der Waals surface area contributed by atoms with Crippen LogP contribution in [0.3, 0.4) is 0 Å². The van der Waals surface area contributed by atoms with E-state index in [9.17, 15) is 9.18 Å². The van der Waals surface area contributed by atoms with Crippen molar-refractivity contribution in [2.24, 2.45) is 0 Å². The van der Waals surface area contributed by atoms with E-state index in [1.54, 1.807) is 12.1 Å². The van der Waals surface area contributed by atoms with Crippen LogP contribution in [0, 0.1) is 5.82 Å². The van der Waals surface area contributed by atoms with Gasteiger partial charge in [-0.05, 0) is 46.3 Å². The van der Waals surface area contributed by atoms with Crippen LogP contribution >= 0.6 is 27.5 Å². The Morgan fingerprint density at radius 2 is 2.14 bits per heavy atom. The molecule has 3 rings (SSSR count). The summed E-state index contributed by atoms with van der Waals surface area (Å²) < 4.78 is 13.9. The molecule has 0 saturated carbocycles. The van der Waals surface area contributed by atoms with Crippen LogP contribution in [0.15, 0.2) is 41.1 Å². The fourth-order valence-corrected chi connectivity index (χ4v) is 2.57. The summed E-state index contributed by atoms with van der Waals surface area (Å²) in [5.41, 5.74) is 2.14. The Labute approximate surface area is 132 Å². The number of hydrogen-bond acceptors (Lipinski definition) is 2. The van der Waals surface area contributed by atoms with Gasteiger partial charge in [-0.15, -0.1) is 0 Å². The number of carbonyl (C=O) groups excluding carboxylic acids is 1. The third-order valence-electron chi connectivity index (χ3n) is 2.95. The summed E-state index contributed by atoms with van der Waals surface area (Å²) in [7, 11) is 0. The predicted molar refractivity (Wildman–Crippen MR) is 83.2 cm³/mol. The van der Waals surface area contributed by atoms with Crippen molar-refractivity contribution < 1.29 is 9.18 Å². The molecule has 106 valence electrons. The number of fused-ring (bicyclic) bond motifs is 1. The summed E-state index contributed by atoms with van der Waals surface area (Å²) in [6, 6.07) is 7.42. The van der Waals surface area contributed by atoms with E-state index in [0.717, 1.165) is 4.47 Å². The van der Waals surface area contributed by atoms with Gasteiger partial charge in [0.15, 0.2) is 0 Å². The summed E-state index contributed by atoms with van der Waals surface area (Å²) in [5, 5.41) is 2.63. The average Bonchev–Trinajstić information content (AvgIpc) is 2.93. The lowest BCUT2D eigenvalue weighted by atomic mass is 10.1. The Kier molecular flexibility index (Phi) is 3.65. The largest absolute Gasteiger partial charge is 0.344 e. The Hall–Kier alpha value is -1.92. The molecule has 0 unspecified atom stereocenters. The maximum absolute atomic E-state index is 13.1. The van der Waals surface area contributed by atoms with E-state index in [2.05, 4.69) is 31.2 Å². The number of nitrogens with one attached hydrogen (secondary N) is 2. The molecule has 2 N–H and O–H groups in total. The van der Waals surface area contributed by atoms with E-state index in [-0.39, 0.29) is 10.9 Å². The third kappa shape index (κ3) is 2.64. The number of amides is 1. The molecule has 0 aliphatic rings. The Morgan fingerprint density at radius 3 is 2.90 bits per heavy atom. The van der Waals surface area contributed by atoms with Crippen molar-refractivity contribution in [3.05, 3.63) is 57.5 Å². The number of anilines is 1. The zero-order chi connectivity index (χ0) is 15.0. The normalized spacial score (nSPS) is 10.8. The number of benzene rings is 2. The first-order valence-corrected chi connectivity index (χ1v) is 7.11. The van der Waals surface area contributed by atoms with Crippen LogP contribution in [-0.2, 0) is 0 Å². The van der Waals surface area contributed by atoms with Crippen LogP contribution in [0.2, 0.25) is 5.02 Å². The molecule has 1 heterocycles. The fourth-order valence-electron chi connectivity index (χ4n) is 1.96. The van der Waals surface area contributed by atoms with Crippen molar-refractivity contribution in [2.75, 3.05) is 5.32 Å². The summed E-state index contributed by atoms with van der Waals surface area (Å²) in [5.74, 6) is -0.867. The van der Waals surface area contributed by atoms with E-state index in [1.165, 1.54) is 24.5 Å². The number of aromatic nitrogens is 2. The number of hydrogen-bond donors (Lipinski definition) is 2. The van der Waals surface area contributed by atoms with Crippen molar-refractivity contribution in [2.45, 2.75) is 0 Å². The molecule has 0 saturated heterocycles. The quantitative estimate of drug-likeness (QED) is 0.705. The third-order valence-corrected chi connectivity index (χ3v) is 3.88. The predicted octanol–water partition coefficient (Wildman–Crippen LogP) is 4.37. The van der Waals surface area contributed by atoms with Crippen molar-refractivity contribution in [1.29, 1.82) is 0 Å². The molecule has 0 aliphatic heterocycles. The van der Waals surface area contributed by atoms with Crippen LogP contribution < -0.4 is 5.32 Å². The van der Waals surface area contributed by atoms with Crippen LogP contribution in [0.4, 0.5) is 10.1 Å². The smallest absolute Gasteiger partial charge is 0.257 e. The van der Waals surface area contributed by atoms with Gasteiger partial charge in [0.25, 0.3) is 5.91 Å². The number of H-pyrrole nitrogens is 1. The van der Waals surface area contributed by atoms with Gasteiger partial charge in [-0.2, -0.15) is 0 Å². The number of aromatic amines is 1. The maximum Gasteiger partial charge on any atom is 0.257 e. The maximum atomic E-state index is 13.1. The zero-order valence-corrected chi connectivity index (χ0v) is 12.8. The Balaban J connectivity index is 1.95. The van der Waals surface area contributed by atoms with Gasteiger partial charge in [0.2, 0.25) is 0 Å². The standard InChI is InChI=1S/C14H8BrClFN3O/c15-9-3-2-8(12-13(9)19-6-18-12)14(21)20-7-1-4-11(17)10(16)5-7/h1-6H,(H,18,19)(H,20,21). The molecular formula is C14H8BrClFN3O. The first-order valence-electron chi connectivity index (χ1n) is 5.94. The monoisotopic (exact) mass is 367 g/mol. The molecular weight excluding hydrogens is 361 g/mol. The minimum atomic E-state index is -0.533. The first-order chi connectivity index (χ1) is 10.1. The molecule has 4 nitrogen and oxygen atoms in total. The molecule has 21 heavy (non-hydrogen) atoms. The number of rotatable bonds is 2. The highest BCUT2D eigenvalue weighted by atomic mass is 79.9. The van der Waals surface area contributed by atoms with Crippen LogP contribution in [0.5, 0.6) is 0 Å². The Bertz CT molecular complexity index is 849. The van der Waals surface area contributed by atoms with Gasteiger partial charge in [-0.1, -0.05) is 11.6 Å². The molecule has 0 fully saturated rings. The minimum absolute atomic E-state index is 0.0460. The number of nitrogens with zero attached hydrogens (tertiary/aromatic N) is 1. The summed E-state index contributed by atoms with van der Waals surface area (Å²) in [4.78, 5) is 19.4. The second kappa shape index (κ2) is 5.46. The van der Waals surface area contributed by atoms with Crippen LogP contribution in [0.1, 0.15) is 10.4 Å². The minimum Gasteiger partial charge on any atom is -0.344 e. The highest BCUT2D eigenvalue weighted by Crippen LogP contribution is 2.25. The molecule has 0 radical (unpaired) electrons. The van der Waals surface area contributed by atoms with E-state index in [4.69, 9.17) is 11.6 Å². The summed E-state index contributed by atoms with van der Waals surface area (Å²) in [6.07, 6.45) is 1.51. The van der Waals surface area contributed by atoms with Gasteiger partial charge < -0.3 is 10.3 Å². The summed E-state index contributed by atoms with van der Waals surface area (Å²) in [6.45, 7) is 0. The van der Waals surface area contributed by atoms with Crippen molar-refractivity contribution in [1.82, 2.24) is 9.97 Å².